The van der Waals surface area contributed by atoms with Gasteiger partial charge >= 0.3 is 46.7 Å². The Hall–Kier alpha value is -1.45. The van der Waals surface area contributed by atoms with E-state index in [0.29, 0.717) is 12.0 Å². The molecule has 0 fully saturated rings. The molecule has 0 N–H and O–H groups in total. The molecule has 154 valence electrons. The first kappa shape index (κ1) is 25.6. The van der Waals surface area contributed by atoms with Crippen molar-refractivity contribution >= 4 is 32.7 Å². The number of ether oxygens (including phenoxy) is 1. The van der Waals surface area contributed by atoms with E-state index in [0.717, 1.165) is 12.7 Å². The molecule has 0 bridgehead atoms. The molecule has 0 spiro atoms. The molecule has 0 aliphatic carbocycles. The van der Waals surface area contributed by atoms with Crippen molar-refractivity contribution in [1.29, 1.82) is 0 Å². The summed E-state index contributed by atoms with van der Waals surface area (Å²) >= 11 is 0. The number of imide groups is 1. The number of hydrogen-bond acceptors (Lipinski definition) is 6. The van der Waals surface area contributed by atoms with Gasteiger partial charge in [-0.05, 0) is 6.92 Å². The summed E-state index contributed by atoms with van der Waals surface area (Å²) in [6, 6.07) is 9.45. The van der Waals surface area contributed by atoms with Crippen LogP contribution in [0.5, 0.6) is 0 Å². The second-order valence-corrected chi connectivity index (χ2v) is 6.74. The zero-order valence-corrected chi connectivity index (χ0v) is 19.9. The van der Waals surface area contributed by atoms with Crippen LogP contribution in [0.25, 0.3) is 10.8 Å². The van der Waals surface area contributed by atoms with E-state index in [1.54, 1.807) is 6.07 Å². The molecule has 29 heavy (non-hydrogen) atoms. The summed E-state index contributed by atoms with van der Waals surface area (Å²) in [7, 11) is -6.16. The van der Waals surface area contributed by atoms with E-state index >= 15 is 0 Å². The van der Waals surface area contributed by atoms with Crippen LogP contribution < -0.4 is 0 Å². The summed E-state index contributed by atoms with van der Waals surface area (Å²) in [5, 5.41) is 0.249. The van der Waals surface area contributed by atoms with Gasteiger partial charge in [0.25, 0.3) is 5.91 Å². The van der Waals surface area contributed by atoms with Gasteiger partial charge < -0.3 is 11.7 Å². The molecule has 2 aromatic rings. The molecule has 0 aromatic heterocycles. The van der Waals surface area contributed by atoms with E-state index in [1.165, 1.54) is 18.2 Å². The number of alkyl halides is 3. The molecule has 3 rings (SSSR count). The second-order valence-electron chi connectivity index (χ2n) is 5.21. The minimum atomic E-state index is -6.16. The van der Waals surface area contributed by atoms with Crippen LogP contribution in [0.15, 0.2) is 30.3 Å². The summed E-state index contributed by atoms with van der Waals surface area (Å²) in [5.74, 6) is -2.62. The molecule has 0 atom stereocenters. The van der Waals surface area contributed by atoms with Gasteiger partial charge in [-0.3, -0.25) is 9.59 Å². The fourth-order valence-electron chi connectivity index (χ4n) is 2.29. The monoisotopic (exact) mass is 655 g/mol. The molecule has 2 aromatic carbocycles. The van der Waals surface area contributed by atoms with Crippen molar-refractivity contribution in [1.82, 2.24) is 5.06 Å². The molecule has 2 amide bonds. The quantitative estimate of drug-likeness (QED) is 0.286. The maximum Gasteiger partial charge on any atom is 2.00 e. The smallest absolute Gasteiger partial charge is 0.414 e. The fraction of sp³-hybridized carbons (Fsp3) is 0.235. The van der Waals surface area contributed by atoms with Crippen molar-refractivity contribution < 1.29 is 71.3 Å². The molecule has 12 heteroatoms. The van der Waals surface area contributed by atoms with Gasteiger partial charge in [-0.25, -0.2) is 0 Å². The molecule has 0 unspecified atom stereocenters. The third-order valence-electron chi connectivity index (χ3n) is 3.47. The summed E-state index contributed by atoms with van der Waals surface area (Å²) in [6.45, 7) is 6.78. The predicted octanol–water partition coefficient (Wildman–Crippen LogP) is 2.87. The molecule has 0 saturated heterocycles. The number of halogens is 3. The van der Waals surface area contributed by atoms with E-state index in [-0.39, 0.29) is 47.6 Å². The first-order valence-electron chi connectivity index (χ1n) is 7.74. The average molecular weight is 655 g/mol. The summed E-state index contributed by atoms with van der Waals surface area (Å²) in [4.78, 5) is 24.3. The Balaban J connectivity index is 0.000000628. The van der Waals surface area contributed by atoms with Gasteiger partial charge in [-0.15, -0.1) is 26.2 Å². The molecule has 1 heterocycles. The Labute approximate surface area is 188 Å². The molecule has 1 aliphatic heterocycles. The van der Waals surface area contributed by atoms with Crippen LogP contribution in [0.2, 0.25) is 0 Å². The molecular weight excluding hydrogens is 641 g/mol. The number of nitrogens with zero attached hydrogens (tertiary/aromatic N) is 1. The van der Waals surface area contributed by atoms with Gasteiger partial charge in [-0.2, -0.15) is 39.8 Å². The van der Waals surface area contributed by atoms with E-state index in [4.69, 9.17) is 4.74 Å². The Morgan fingerprint density at radius 3 is 2.28 bits per heavy atom. The molecule has 7 nitrogen and oxygen atoms in total. The Bertz CT molecular complexity index is 957. The summed E-state index contributed by atoms with van der Waals surface area (Å²) in [5.41, 5.74) is -6.11. The van der Waals surface area contributed by atoms with Crippen LogP contribution in [0.4, 0.5) is 13.2 Å². The van der Waals surface area contributed by atoms with Crippen LogP contribution in [-0.4, -0.2) is 44.0 Å². The number of hydrogen-bond donors (Lipinski definition) is 0. The van der Waals surface area contributed by atoms with Crippen molar-refractivity contribution in [3.63, 3.8) is 0 Å². The van der Waals surface area contributed by atoms with Gasteiger partial charge in [0.1, 0.15) is 0 Å². The Morgan fingerprint density at radius 2 is 1.76 bits per heavy atom. The first-order chi connectivity index (χ1) is 13.0. The Kier molecular flexibility index (Phi) is 8.86. The summed E-state index contributed by atoms with van der Waals surface area (Å²) < 4.78 is 67.8. The van der Waals surface area contributed by atoms with Crippen LogP contribution in [0, 0.1) is 44.1 Å². The van der Waals surface area contributed by atoms with Crippen LogP contribution in [0.3, 0.4) is 0 Å². The molecule has 0 saturated carbocycles. The van der Waals surface area contributed by atoms with Gasteiger partial charge in [0.2, 0.25) is 5.91 Å². The van der Waals surface area contributed by atoms with Crippen molar-refractivity contribution in [2.45, 2.75) is 12.4 Å². The maximum absolute atomic E-state index is 12.4. The van der Waals surface area contributed by atoms with Crippen LogP contribution in [-0.2, 0) is 19.1 Å². The van der Waals surface area contributed by atoms with Gasteiger partial charge in [0, 0.05) is 12.2 Å². The Morgan fingerprint density at radius 1 is 1.14 bits per heavy atom. The minimum absolute atomic E-state index is 0. The third kappa shape index (κ3) is 5.38. The number of amides is 2. The topological polar surface area (TPSA) is 90.0 Å². The third-order valence-corrected chi connectivity index (χ3v) is 4.38. The number of hydroxylamine groups is 2. The number of carbonyl (C=O) groups excluding carboxylic acids is 2. The average Bonchev–Trinajstić information content (AvgIpc) is 2.63. The second kappa shape index (κ2) is 10.0. The van der Waals surface area contributed by atoms with Crippen molar-refractivity contribution in [2.24, 2.45) is 0 Å². The van der Waals surface area contributed by atoms with E-state index in [2.05, 4.69) is 17.3 Å². The van der Waals surface area contributed by atoms with Crippen molar-refractivity contribution in [3.05, 3.63) is 54.4 Å². The van der Waals surface area contributed by atoms with Crippen LogP contribution >= 0.6 is 0 Å². The number of benzene rings is 2. The standard InChI is InChI=1S/C13H5F3NO5S.C4H9O.U/c14-13(15,16)23(20,21)22-17-11(18)8-5-1-3-7-4-2-6-9(10(7)8)12(17)19;1-3-5-4-2;/h1,3-6H;1,3-4H2,2H3;/q2*-1;+2. The zero-order valence-electron chi connectivity index (χ0n) is 14.9. The largest absolute Gasteiger partial charge is 2.00 e. The van der Waals surface area contributed by atoms with E-state index < -0.39 is 32.5 Å². The predicted molar refractivity (Wildman–Crippen MR) is 91.2 cm³/mol. The fourth-order valence-corrected chi connectivity index (χ4v) is 2.70. The van der Waals surface area contributed by atoms with Gasteiger partial charge in [-0.1, -0.05) is 24.3 Å². The zero-order chi connectivity index (χ0) is 21.1. The normalized spacial score (nSPS) is 13.6. The molecule has 1 aliphatic rings. The van der Waals surface area contributed by atoms with Gasteiger partial charge in [0.15, 0.2) is 0 Å². The van der Waals surface area contributed by atoms with E-state index in [1.807, 2.05) is 6.92 Å². The number of carbonyl (C=O) groups is 2. The first-order valence-corrected chi connectivity index (χ1v) is 9.15. The maximum atomic E-state index is 12.4. The number of rotatable bonds is 4. The summed E-state index contributed by atoms with van der Waals surface area (Å²) in [6.07, 6.45) is 0. The van der Waals surface area contributed by atoms with Gasteiger partial charge in [0.05, 0.1) is 0 Å². The van der Waals surface area contributed by atoms with Crippen LogP contribution in [0.1, 0.15) is 27.6 Å². The minimum Gasteiger partial charge on any atom is -0.414 e. The van der Waals surface area contributed by atoms with Crippen molar-refractivity contribution in [2.75, 3.05) is 13.2 Å². The van der Waals surface area contributed by atoms with E-state index in [9.17, 15) is 31.2 Å². The molecule has 0 radical (unpaired) electrons. The SMILES string of the molecule is O=C1c2c[c-]cc3cccc(c23)C(=O)N1OS(=O)(=O)C(F)(F)F.[CH2-]COCC.[U+2]. The molecular formula is C17H14F3NO6SU. The van der Waals surface area contributed by atoms with Crippen molar-refractivity contribution in [3.8, 4) is 0 Å².